The standard InChI is InChI=1S/C13H11F3N2O2/c1-8-6-17-12(18-7-8)19-10-4-3-9(2)11(5-10)20-13(14,15)16/h3-7H,1-2H3. The topological polar surface area (TPSA) is 44.2 Å². The molecule has 2 aromatic rings. The highest BCUT2D eigenvalue weighted by atomic mass is 19.4. The lowest BCUT2D eigenvalue weighted by atomic mass is 10.2. The Bertz CT molecular complexity index is 598. The minimum absolute atomic E-state index is 0.0532. The second-order valence-electron chi connectivity index (χ2n) is 4.12. The highest BCUT2D eigenvalue weighted by molar-refractivity contribution is 5.40. The summed E-state index contributed by atoms with van der Waals surface area (Å²) in [6.07, 6.45) is -1.66. The molecule has 0 unspecified atom stereocenters. The second-order valence-corrected chi connectivity index (χ2v) is 4.12. The van der Waals surface area contributed by atoms with Gasteiger partial charge in [0.15, 0.2) is 0 Å². The molecule has 7 heteroatoms. The van der Waals surface area contributed by atoms with Crippen LogP contribution in [0.15, 0.2) is 30.6 Å². The molecule has 0 spiro atoms. The quantitative estimate of drug-likeness (QED) is 0.860. The Morgan fingerprint density at radius 3 is 2.30 bits per heavy atom. The van der Waals surface area contributed by atoms with Gasteiger partial charge in [-0.3, -0.25) is 0 Å². The highest BCUT2D eigenvalue weighted by Crippen LogP contribution is 2.30. The van der Waals surface area contributed by atoms with E-state index < -0.39 is 6.36 Å². The molecule has 20 heavy (non-hydrogen) atoms. The van der Waals surface area contributed by atoms with E-state index in [9.17, 15) is 13.2 Å². The van der Waals surface area contributed by atoms with Crippen molar-refractivity contribution in [3.05, 3.63) is 41.7 Å². The highest BCUT2D eigenvalue weighted by Gasteiger charge is 2.31. The molecule has 4 nitrogen and oxygen atoms in total. The third-order valence-electron chi connectivity index (χ3n) is 2.35. The Kier molecular flexibility index (Phi) is 3.78. The van der Waals surface area contributed by atoms with Crippen molar-refractivity contribution in [2.24, 2.45) is 0 Å². The first kappa shape index (κ1) is 14.1. The first-order chi connectivity index (χ1) is 9.33. The fraction of sp³-hybridized carbons (Fsp3) is 0.231. The Hall–Kier alpha value is -2.31. The van der Waals surface area contributed by atoms with Gasteiger partial charge in [-0.25, -0.2) is 9.97 Å². The van der Waals surface area contributed by atoms with E-state index in [1.54, 1.807) is 12.4 Å². The van der Waals surface area contributed by atoms with Crippen molar-refractivity contribution >= 4 is 0 Å². The molecule has 0 aliphatic carbocycles. The number of aryl methyl sites for hydroxylation is 2. The van der Waals surface area contributed by atoms with Crippen LogP contribution in [-0.4, -0.2) is 16.3 Å². The first-order valence-electron chi connectivity index (χ1n) is 5.66. The molecule has 0 fully saturated rings. The molecule has 0 saturated carbocycles. The summed E-state index contributed by atoms with van der Waals surface area (Å²) in [5.74, 6) is -0.152. The summed E-state index contributed by atoms with van der Waals surface area (Å²) in [5, 5.41) is 0. The van der Waals surface area contributed by atoms with Crippen LogP contribution in [0.5, 0.6) is 17.5 Å². The van der Waals surface area contributed by atoms with Crippen molar-refractivity contribution in [3.63, 3.8) is 0 Å². The molecule has 1 aromatic carbocycles. The third kappa shape index (κ3) is 3.84. The lowest BCUT2D eigenvalue weighted by Crippen LogP contribution is -2.17. The van der Waals surface area contributed by atoms with Crippen molar-refractivity contribution in [3.8, 4) is 17.5 Å². The van der Waals surface area contributed by atoms with Crippen LogP contribution in [0.25, 0.3) is 0 Å². The number of benzene rings is 1. The van der Waals surface area contributed by atoms with Gasteiger partial charge in [0.05, 0.1) is 0 Å². The van der Waals surface area contributed by atoms with Crippen molar-refractivity contribution in [1.82, 2.24) is 9.97 Å². The van der Waals surface area contributed by atoms with Gasteiger partial charge in [-0.15, -0.1) is 13.2 Å². The minimum Gasteiger partial charge on any atom is -0.424 e. The molecule has 2 rings (SSSR count). The molecule has 106 valence electrons. The number of rotatable bonds is 3. The van der Waals surface area contributed by atoms with E-state index in [2.05, 4.69) is 14.7 Å². The van der Waals surface area contributed by atoms with Crippen LogP contribution in [-0.2, 0) is 0 Å². The average Bonchev–Trinajstić information content (AvgIpc) is 2.34. The van der Waals surface area contributed by atoms with Crippen molar-refractivity contribution in [2.75, 3.05) is 0 Å². The average molecular weight is 284 g/mol. The van der Waals surface area contributed by atoms with Gasteiger partial charge in [-0.1, -0.05) is 6.07 Å². The van der Waals surface area contributed by atoms with E-state index in [4.69, 9.17) is 4.74 Å². The fourth-order valence-corrected chi connectivity index (χ4v) is 1.42. The van der Waals surface area contributed by atoms with Gasteiger partial charge in [0.2, 0.25) is 0 Å². The van der Waals surface area contributed by atoms with Gasteiger partial charge >= 0.3 is 12.4 Å². The Morgan fingerprint density at radius 1 is 1.05 bits per heavy atom. The maximum absolute atomic E-state index is 12.2. The van der Waals surface area contributed by atoms with E-state index in [-0.39, 0.29) is 17.5 Å². The number of hydrogen-bond acceptors (Lipinski definition) is 4. The summed E-state index contributed by atoms with van der Waals surface area (Å²) in [5.41, 5.74) is 1.20. The van der Waals surface area contributed by atoms with Crippen LogP contribution in [0.4, 0.5) is 13.2 Å². The van der Waals surface area contributed by atoms with Gasteiger partial charge in [0.25, 0.3) is 0 Å². The maximum Gasteiger partial charge on any atom is 0.573 e. The van der Waals surface area contributed by atoms with Crippen LogP contribution in [0.2, 0.25) is 0 Å². The van der Waals surface area contributed by atoms with Crippen LogP contribution >= 0.6 is 0 Å². The Balaban J connectivity index is 2.20. The van der Waals surface area contributed by atoms with Crippen molar-refractivity contribution in [1.29, 1.82) is 0 Å². The molecular formula is C13H11F3N2O2. The zero-order valence-electron chi connectivity index (χ0n) is 10.7. The van der Waals surface area contributed by atoms with E-state index in [0.29, 0.717) is 5.56 Å². The number of halogens is 3. The molecule has 0 saturated heterocycles. The number of nitrogens with zero attached hydrogens (tertiary/aromatic N) is 2. The summed E-state index contributed by atoms with van der Waals surface area (Å²) in [7, 11) is 0. The van der Waals surface area contributed by atoms with Crippen molar-refractivity contribution < 1.29 is 22.6 Å². The number of alkyl halides is 3. The molecule has 0 atom stereocenters. The van der Waals surface area contributed by atoms with E-state index in [1.807, 2.05) is 6.92 Å². The van der Waals surface area contributed by atoms with E-state index in [1.165, 1.54) is 19.1 Å². The van der Waals surface area contributed by atoms with E-state index in [0.717, 1.165) is 11.6 Å². The molecule has 1 heterocycles. The molecule has 0 aliphatic rings. The number of aromatic nitrogens is 2. The summed E-state index contributed by atoms with van der Waals surface area (Å²) in [4.78, 5) is 7.81. The first-order valence-corrected chi connectivity index (χ1v) is 5.66. The lowest BCUT2D eigenvalue weighted by Gasteiger charge is -2.12. The largest absolute Gasteiger partial charge is 0.573 e. The Labute approximate surface area is 113 Å². The van der Waals surface area contributed by atoms with Crippen molar-refractivity contribution in [2.45, 2.75) is 20.2 Å². The maximum atomic E-state index is 12.2. The smallest absolute Gasteiger partial charge is 0.424 e. The third-order valence-corrected chi connectivity index (χ3v) is 2.35. The molecule has 1 aromatic heterocycles. The molecule has 0 amide bonds. The van der Waals surface area contributed by atoms with Gasteiger partial charge in [-0.05, 0) is 31.0 Å². The summed E-state index contributed by atoms with van der Waals surface area (Å²) >= 11 is 0. The van der Waals surface area contributed by atoms with Gasteiger partial charge in [0.1, 0.15) is 11.5 Å². The van der Waals surface area contributed by atoms with Gasteiger partial charge in [0, 0.05) is 18.5 Å². The number of hydrogen-bond donors (Lipinski definition) is 0. The zero-order chi connectivity index (χ0) is 14.8. The fourth-order valence-electron chi connectivity index (χ4n) is 1.42. The van der Waals surface area contributed by atoms with Gasteiger partial charge < -0.3 is 9.47 Å². The van der Waals surface area contributed by atoms with Crippen LogP contribution < -0.4 is 9.47 Å². The normalized spacial score (nSPS) is 11.2. The summed E-state index contributed by atoms with van der Waals surface area (Å²) in [6, 6.07) is 4.18. The lowest BCUT2D eigenvalue weighted by molar-refractivity contribution is -0.274. The minimum atomic E-state index is -4.75. The molecule has 0 bridgehead atoms. The molecule has 0 aliphatic heterocycles. The summed E-state index contributed by atoms with van der Waals surface area (Å²) in [6.45, 7) is 3.32. The predicted molar refractivity (Wildman–Crippen MR) is 64.7 cm³/mol. The molecule has 0 radical (unpaired) electrons. The van der Waals surface area contributed by atoms with Crippen LogP contribution in [0, 0.1) is 13.8 Å². The second kappa shape index (κ2) is 5.36. The predicted octanol–water partition coefficient (Wildman–Crippen LogP) is 3.78. The van der Waals surface area contributed by atoms with Gasteiger partial charge in [-0.2, -0.15) is 0 Å². The van der Waals surface area contributed by atoms with Crippen LogP contribution in [0.1, 0.15) is 11.1 Å². The monoisotopic (exact) mass is 284 g/mol. The number of ether oxygens (including phenoxy) is 2. The summed E-state index contributed by atoms with van der Waals surface area (Å²) < 4.78 is 45.9. The van der Waals surface area contributed by atoms with E-state index >= 15 is 0 Å². The SMILES string of the molecule is Cc1cnc(Oc2ccc(C)c(OC(F)(F)F)c2)nc1. The Morgan fingerprint density at radius 2 is 1.70 bits per heavy atom. The zero-order valence-corrected chi connectivity index (χ0v) is 10.7. The molecular weight excluding hydrogens is 273 g/mol. The molecule has 0 N–H and O–H groups in total. The van der Waals surface area contributed by atoms with Crippen LogP contribution in [0.3, 0.4) is 0 Å².